The first-order valence-corrected chi connectivity index (χ1v) is 8.53. The molecule has 0 saturated heterocycles. The summed E-state index contributed by atoms with van der Waals surface area (Å²) in [4.78, 5) is 18.2. The maximum atomic E-state index is 10.6. The molecule has 130 valence electrons. The molecule has 0 aliphatic rings. The highest BCUT2D eigenvalue weighted by Gasteiger charge is 2.06. The summed E-state index contributed by atoms with van der Waals surface area (Å²) in [5.74, 6) is -0.0631. The van der Waals surface area contributed by atoms with E-state index >= 15 is 0 Å². The maximum Gasteiger partial charge on any atom is 0.318 e. The Hall–Kier alpha value is -2.05. The summed E-state index contributed by atoms with van der Waals surface area (Å²) >= 11 is 0. The molecule has 23 heavy (non-hydrogen) atoms. The fourth-order valence-electron chi connectivity index (χ4n) is 2.50. The first-order valence-electron chi connectivity index (χ1n) is 8.53. The second-order valence-electron chi connectivity index (χ2n) is 5.74. The van der Waals surface area contributed by atoms with Crippen LogP contribution in [-0.4, -0.2) is 28.5 Å². The van der Waals surface area contributed by atoms with Crippen molar-refractivity contribution in [1.29, 1.82) is 5.41 Å². The zero-order valence-electron chi connectivity index (χ0n) is 14.1. The largest absolute Gasteiger partial charge is 0.356 e. The molecule has 0 fully saturated rings. The van der Waals surface area contributed by atoms with Crippen LogP contribution in [-0.2, 0) is 12.8 Å². The van der Waals surface area contributed by atoms with Crippen molar-refractivity contribution < 1.29 is 4.79 Å². The third-order valence-corrected chi connectivity index (χ3v) is 3.73. The molecule has 0 aliphatic heterocycles. The second kappa shape index (κ2) is 11.5. The predicted molar refractivity (Wildman–Crippen MR) is 92.4 cm³/mol. The number of rotatable bonds is 11. The zero-order valence-corrected chi connectivity index (χ0v) is 14.1. The summed E-state index contributed by atoms with van der Waals surface area (Å²) in [5, 5.41) is 12.4. The van der Waals surface area contributed by atoms with Gasteiger partial charge in [0.2, 0.25) is 0 Å². The number of hydrogen-bond donors (Lipinski definition) is 5. The molecule has 0 unspecified atom stereocenters. The molecule has 7 heteroatoms. The van der Waals surface area contributed by atoms with Gasteiger partial charge in [0.05, 0.1) is 12.0 Å². The minimum Gasteiger partial charge on any atom is -0.356 e. The van der Waals surface area contributed by atoms with Gasteiger partial charge in [0.1, 0.15) is 0 Å². The van der Waals surface area contributed by atoms with Crippen molar-refractivity contribution in [3.63, 3.8) is 0 Å². The minimum absolute atomic E-state index is 0.0631. The summed E-state index contributed by atoms with van der Waals surface area (Å²) in [6, 6.07) is -0.726. The molecule has 0 aliphatic carbocycles. The molecule has 7 nitrogen and oxygen atoms in total. The third kappa shape index (κ3) is 8.85. The molecule has 1 aromatic rings. The van der Waals surface area contributed by atoms with Crippen LogP contribution in [0.5, 0.6) is 0 Å². The van der Waals surface area contributed by atoms with Gasteiger partial charge in [-0.3, -0.25) is 10.7 Å². The van der Waals surface area contributed by atoms with Gasteiger partial charge in [-0.2, -0.15) is 0 Å². The highest BCUT2D eigenvalue weighted by atomic mass is 16.2. The lowest BCUT2D eigenvalue weighted by atomic mass is 10.1. The van der Waals surface area contributed by atoms with E-state index in [4.69, 9.17) is 11.1 Å². The van der Waals surface area contributed by atoms with E-state index in [0.717, 1.165) is 25.0 Å². The number of nitrogens with two attached hydrogens (primary N) is 1. The maximum absolute atomic E-state index is 10.6. The van der Waals surface area contributed by atoms with E-state index < -0.39 is 6.03 Å². The Labute approximate surface area is 138 Å². The van der Waals surface area contributed by atoms with Gasteiger partial charge in [0, 0.05) is 12.2 Å². The van der Waals surface area contributed by atoms with Gasteiger partial charge in [-0.25, -0.2) is 9.78 Å². The Bertz CT molecular complexity index is 471. The van der Waals surface area contributed by atoms with Crippen molar-refractivity contribution in [1.82, 2.24) is 20.6 Å². The molecule has 6 N–H and O–H groups in total. The Balaban J connectivity index is 2.16. The Kier molecular flexibility index (Phi) is 9.51. The van der Waals surface area contributed by atoms with Crippen molar-refractivity contribution in [2.24, 2.45) is 5.73 Å². The van der Waals surface area contributed by atoms with Crippen LogP contribution in [0.4, 0.5) is 4.79 Å². The van der Waals surface area contributed by atoms with E-state index in [1.165, 1.54) is 44.2 Å². The van der Waals surface area contributed by atoms with E-state index in [9.17, 15) is 4.79 Å². The number of aryl methyl sites for hydroxylation is 2. The third-order valence-electron chi connectivity index (χ3n) is 3.73. The fraction of sp³-hybridized carbons (Fsp3) is 0.688. The molecule has 0 radical (unpaired) electrons. The first kappa shape index (κ1) is 19.0. The van der Waals surface area contributed by atoms with Gasteiger partial charge >= 0.3 is 6.03 Å². The van der Waals surface area contributed by atoms with E-state index in [2.05, 4.69) is 27.5 Å². The molecular formula is C16H30N6O. The van der Waals surface area contributed by atoms with Gasteiger partial charge in [-0.05, 0) is 25.7 Å². The van der Waals surface area contributed by atoms with Gasteiger partial charge in [0.25, 0.3) is 0 Å². The molecule has 0 spiro atoms. The van der Waals surface area contributed by atoms with Crippen molar-refractivity contribution in [3.8, 4) is 0 Å². The number of carbonyl (C=O) groups excluding carboxylic acids is 1. The summed E-state index contributed by atoms with van der Waals surface area (Å²) in [5.41, 5.74) is 7.27. The summed E-state index contributed by atoms with van der Waals surface area (Å²) < 4.78 is 0. The number of unbranched alkanes of at least 4 members (excludes halogenated alkanes) is 5. The Morgan fingerprint density at radius 1 is 1.22 bits per heavy atom. The van der Waals surface area contributed by atoms with Crippen LogP contribution in [0, 0.1) is 5.41 Å². The van der Waals surface area contributed by atoms with Crippen molar-refractivity contribution in [2.45, 2.75) is 64.7 Å². The van der Waals surface area contributed by atoms with Crippen LogP contribution < -0.4 is 16.4 Å². The smallest absolute Gasteiger partial charge is 0.318 e. The molecule has 0 aromatic carbocycles. The minimum atomic E-state index is -0.726. The zero-order chi connectivity index (χ0) is 16.9. The average Bonchev–Trinajstić information content (AvgIpc) is 2.94. The quantitative estimate of drug-likeness (QED) is 0.244. The number of nitrogens with zero attached hydrogens (tertiary/aromatic N) is 1. The van der Waals surface area contributed by atoms with Gasteiger partial charge in [-0.15, -0.1) is 0 Å². The molecule has 1 rings (SSSR count). The topological polar surface area (TPSA) is 120 Å². The van der Waals surface area contributed by atoms with Crippen LogP contribution in [0.2, 0.25) is 0 Å². The predicted octanol–water partition coefficient (Wildman–Crippen LogP) is 2.44. The highest BCUT2D eigenvalue weighted by molar-refractivity contribution is 5.93. The monoisotopic (exact) mass is 322 g/mol. The lowest BCUT2D eigenvalue weighted by Crippen LogP contribution is -2.43. The molecule has 0 saturated carbocycles. The number of guanidine groups is 1. The number of imidazole rings is 1. The summed E-state index contributed by atoms with van der Waals surface area (Å²) in [6.07, 6.45) is 12.2. The SMILES string of the molecule is CCCCCCCCc1[nH]cnc1CCCNC(=N)NC(N)=O. The van der Waals surface area contributed by atoms with Crippen molar-refractivity contribution >= 4 is 12.0 Å². The lowest BCUT2D eigenvalue weighted by Gasteiger charge is -2.07. The van der Waals surface area contributed by atoms with Crippen LogP contribution in [0.1, 0.15) is 63.3 Å². The van der Waals surface area contributed by atoms with E-state index in [1.54, 1.807) is 6.33 Å². The Morgan fingerprint density at radius 3 is 2.70 bits per heavy atom. The lowest BCUT2D eigenvalue weighted by molar-refractivity contribution is 0.253. The number of primary amides is 1. The van der Waals surface area contributed by atoms with E-state index in [-0.39, 0.29) is 5.96 Å². The van der Waals surface area contributed by atoms with Gasteiger partial charge < -0.3 is 16.0 Å². The van der Waals surface area contributed by atoms with Crippen LogP contribution in [0.25, 0.3) is 0 Å². The number of carbonyl (C=O) groups is 1. The molecule has 1 heterocycles. The molecule has 1 aromatic heterocycles. The molecule has 0 bridgehead atoms. The number of urea groups is 1. The van der Waals surface area contributed by atoms with E-state index in [1.807, 2.05) is 0 Å². The standard InChI is InChI=1S/C16H30N6O/c1-2-3-4-5-6-7-9-13-14(21-12-20-13)10-8-11-19-15(17)22-16(18)23/h12H,2-11H2,1H3,(H,20,21)(H5,17,18,19,22,23). The van der Waals surface area contributed by atoms with Gasteiger partial charge in [0.15, 0.2) is 5.96 Å². The Morgan fingerprint density at radius 2 is 1.96 bits per heavy atom. The van der Waals surface area contributed by atoms with E-state index in [0.29, 0.717) is 6.54 Å². The van der Waals surface area contributed by atoms with Crippen LogP contribution >= 0.6 is 0 Å². The second-order valence-corrected chi connectivity index (χ2v) is 5.74. The first-order chi connectivity index (χ1) is 11.1. The number of nitrogens with one attached hydrogen (secondary N) is 4. The van der Waals surface area contributed by atoms with Crippen LogP contribution in [0.15, 0.2) is 6.33 Å². The van der Waals surface area contributed by atoms with Crippen molar-refractivity contribution in [3.05, 3.63) is 17.7 Å². The number of hydrogen-bond acceptors (Lipinski definition) is 3. The summed E-state index contributed by atoms with van der Waals surface area (Å²) in [7, 11) is 0. The normalized spacial score (nSPS) is 10.5. The molecular weight excluding hydrogens is 292 g/mol. The molecule has 0 atom stereocenters. The number of aromatic amines is 1. The van der Waals surface area contributed by atoms with Gasteiger partial charge in [-0.1, -0.05) is 39.0 Å². The number of amides is 2. The van der Waals surface area contributed by atoms with Crippen LogP contribution in [0.3, 0.4) is 0 Å². The molecule has 2 amide bonds. The number of aromatic nitrogens is 2. The van der Waals surface area contributed by atoms with Crippen molar-refractivity contribution in [2.75, 3.05) is 6.54 Å². The highest BCUT2D eigenvalue weighted by Crippen LogP contribution is 2.12. The average molecular weight is 322 g/mol. The number of H-pyrrole nitrogens is 1. The fourth-order valence-corrected chi connectivity index (χ4v) is 2.50. The summed E-state index contributed by atoms with van der Waals surface area (Å²) in [6.45, 7) is 2.83.